The van der Waals surface area contributed by atoms with Crippen LogP contribution in [0.5, 0.6) is 0 Å². The highest BCUT2D eigenvalue weighted by molar-refractivity contribution is 5.85. The van der Waals surface area contributed by atoms with Crippen LogP contribution in [0.25, 0.3) is 0 Å². The van der Waals surface area contributed by atoms with E-state index in [4.69, 9.17) is 0 Å². The maximum absolute atomic E-state index is 4.13. The molecular weight excluding hydrogens is 186 g/mol. The van der Waals surface area contributed by atoms with Gasteiger partial charge in [-0.2, -0.15) is 0 Å². The summed E-state index contributed by atoms with van der Waals surface area (Å²) in [6.07, 6.45) is 0. The first-order valence-corrected chi connectivity index (χ1v) is 4.50. The van der Waals surface area contributed by atoms with E-state index in [2.05, 4.69) is 43.8 Å². The first kappa shape index (κ1) is 15.0. The monoisotopic (exact) mass is 205 g/mol. The first-order valence-electron chi connectivity index (χ1n) is 4.50. The van der Waals surface area contributed by atoms with Gasteiger partial charge in [0.05, 0.1) is 0 Å². The van der Waals surface area contributed by atoms with Gasteiger partial charge >= 0.3 is 0 Å². The van der Waals surface area contributed by atoms with Gasteiger partial charge in [0.1, 0.15) is 6.01 Å². The molecule has 0 saturated carbocycles. The van der Waals surface area contributed by atoms with E-state index in [0.717, 1.165) is 6.54 Å². The Kier molecular flexibility index (Phi) is 9.31. The minimum Gasteiger partial charge on any atom is -0.283 e. The van der Waals surface area contributed by atoms with Crippen molar-refractivity contribution in [3.63, 3.8) is 0 Å². The van der Waals surface area contributed by atoms with Crippen LogP contribution in [0, 0.1) is 0 Å². The zero-order valence-electron chi connectivity index (χ0n) is 9.11. The van der Waals surface area contributed by atoms with Gasteiger partial charge in [0, 0.05) is 18.6 Å². The Labute approximate surface area is 87.3 Å². The lowest BCUT2D eigenvalue weighted by Gasteiger charge is -2.25. The molecule has 78 valence electrons. The summed E-state index contributed by atoms with van der Waals surface area (Å²) in [5, 5.41) is 6.11. The van der Waals surface area contributed by atoms with Gasteiger partial charge in [0.15, 0.2) is 0 Å². The average Bonchev–Trinajstić information content (AvgIpc) is 1.96. The fraction of sp³-hybridized carbons (Fsp3) is 0.889. The van der Waals surface area contributed by atoms with E-state index in [-0.39, 0.29) is 12.4 Å². The SMILES string of the molecule is CCN=C=NN(C(C)C)C(C)C.Cl. The van der Waals surface area contributed by atoms with E-state index in [0.29, 0.717) is 12.1 Å². The Bertz CT molecular complexity index is 164. The second-order valence-electron chi connectivity index (χ2n) is 3.24. The second-order valence-corrected chi connectivity index (χ2v) is 3.24. The maximum atomic E-state index is 4.13. The Morgan fingerprint density at radius 1 is 1.15 bits per heavy atom. The normalized spacial score (nSPS) is 9.15. The van der Waals surface area contributed by atoms with Crippen molar-refractivity contribution in [2.75, 3.05) is 6.54 Å². The van der Waals surface area contributed by atoms with Gasteiger partial charge < -0.3 is 0 Å². The minimum absolute atomic E-state index is 0. The number of nitrogens with zero attached hydrogens (tertiary/aromatic N) is 3. The molecule has 4 heteroatoms. The summed E-state index contributed by atoms with van der Waals surface area (Å²) in [4.78, 5) is 3.92. The highest BCUT2D eigenvalue weighted by atomic mass is 35.5. The van der Waals surface area contributed by atoms with Gasteiger partial charge in [-0.3, -0.25) is 5.01 Å². The average molecular weight is 206 g/mol. The van der Waals surface area contributed by atoms with Crippen molar-refractivity contribution in [1.29, 1.82) is 0 Å². The molecule has 0 bridgehead atoms. The number of halogens is 1. The van der Waals surface area contributed by atoms with Crippen LogP contribution in [-0.2, 0) is 0 Å². The van der Waals surface area contributed by atoms with Crippen molar-refractivity contribution in [2.45, 2.75) is 46.7 Å². The summed E-state index contributed by atoms with van der Waals surface area (Å²) in [6, 6.07) is 3.49. The summed E-state index contributed by atoms with van der Waals surface area (Å²) in [7, 11) is 0. The van der Waals surface area contributed by atoms with Gasteiger partial charge in [0.2, 0.25) is 0 Å². The standard InChI is InChI=1S/C9H19N3.ClH/c1-6-10-7-11-12(8(2)3)9(4)5;/h8-9H,6H2,1-5H3;1H. The molecule has 0 aliphatic carbocycles. The Hall–Kier alpha value is -0.530. The van der Waals surface area contributed by atoms with Crippen molar-refractivity contribution in [2.24, 2.45) is 10.1 Å². The molecule has 0 aliphatic heterocycles. The molecular formula is C9H20ClN3. The molecule has 0 heterocycles. The largest absolute Gasteiger partial charge is 0.283 e. The molecule has 0 aromatic carbocycles. The molecule has 0 fully saturated rings. The molecule has 0 rings (SSSR count). The van der Waals surface area contributed by atoms with Crippen LogP contribution in [0.4, 0.5) is 0 Å². The van der Waals surface area contributed by atoms with Crippen LogP contribution in [0.2, 0.25) is 0 Å². The third-order valence-electron chi connectivity index (χ3n) is 1.45. The van der Waals surface area contributed by atoms with E-state index < -0.39 is 0 Å². The topological polar surface area (TPSA) is 28.0 Å². The lowest BCUT2D eigenvalue weighted by molar-refractivity contribution is 0.185. The number of hydrogen-bond donors (Lipinski definition) is 0. The van der Waals surface area contributed by atoms with Gasteiger partial charge in [-0.1, -0.05) is 0 Å². The third kappa shape index (κ3) is 6.62. The quantitative estimate of drug-likeness (QED) is 0.512. The number of hydrazone groups is 1. The molecule has 0 N–H and O–H groups in total. The van der Waals surface area contributed by atoms with Gasteiger partial charge in [-0.15, -0.1) is 17.5 Å². The van der Waals surface area contributed by atoms with Gasteiger partial charge in [-0.05, 0) is 34.6 Å². The summed E-state index contributed by atoms with van der Waals surface area (Å²) in [6.45, 7) is 11.1. The summed E-state index contributed by atoms with van der Waals surface area (Å²) < 4.78 is 0. The molecule has 0 aromatic heterocycles. The lowest BCUT2D eigenvalue weighted by atomic mass is 10.3. The van der Waals surface area contributed by atoms with Crippen molar-refractivity contribution >= 4 is 18.4 Å². The summed E-state index contributed by atoms with van der Waals surface area (Å²) in [5.74, 6) is 0. The van der Waals surface area contributed by atoms with Crippen molar-refractivity contribution in [3.8, 4) is 0 Å². The van der Waals surface area contributed by atoms with Gasteiger partial charge in [0.25, 0.3) is 0 Å². The molecule has 13 heavy (non-hydrogen) atoms. The van der Waals surface area contributed by atoms with Crippen LogP contribution in [0.3, 0.4) is 0 Å². The minimum atomic E-state index is 0. The predicted molar refractivity (Wildman–Crippen MR) is 59.8 cm³/mol. The van der Waals surface area contributed by atoms with Crippen LogP contribution in [0.15, 0.2) is 10.1 Å². The highest BCUT2D eigenvalue weighted by Crippen LogP contribution is 2.03. The summed E-state index contributed by atoms with van der Waals surface area (Å²) in [5.41, 5.74) is 0. The zero-order chi connectivity index (χ0) is 9.56. The first-order chi connectivity index (χ1) is 5.59. The number of rotatable bonds is 4. The highest BCUT2D eigenvalue weighted by Gasteiger charge is 2.08. The van der Waals surface area contributed by atoms with E-state index in [1.807, 2.05) is 11.9 Å². The fourth-order valence-corrected chi connectivity index (χ4v) is 0.981. The Morgan fingerprint density at radius 2 is 1.62 bits per heavy atom. The number of hydrogen-bond acceptors (Lipinski definition) is 3. The van der Waals surface area contributed by atoms with Crippen LogP contribution >= 0.6 is 12.4 Å². The van der Waals surface area contributed by atoms with Gasteiger partial charge in [-0.25, -0.2) is 4.99 Å². The maximum Gasteiger partial charge on any atom is 0.114 e. The predicted octanol–water partition coefficient (Wildman–Crippen LogP) is 2.64. The molecule has 0 aromatic rings. The van der Waals surface area contributed by atoms with Crippen molar-refractivity contribution in [1.82, 2.24) is 5.01 Å². The summed E-state index contributed by atoms with van der Waals surface area (Å²) >= 11 is 0. The lowest BCUT2D eigenvalue weighted by Crippen LogP contribution is -2.31. The smallest absolute Gasteiger partial charge is 0.114 e. The van der Waals surface area contributed by atoms with Crippen LogP contribution in [-0.4, -0.2) is 29.6 Å². The van der Waals surface area contributed by atoms with E-state index in [9.17, 15) is 0 Å². The Balaban J connectivity index is 0. The molecule has 0 radical (unpaired) electrons. The molecule has 0 atom stereocenters. The molecule has 0 aliphatic rings. The molecule has 0 unspecified atom stereocenters. The third-order valence-corrected chi connectivity index (χ3v) is 1.45. The molecule has 3 nitrogen and oxygen atoms in total. The Morgan fingerprint density at radius 3 is 1.92 bits per heavy atom. The van der Waals surface area contributed by atoms with Crippen molar-refractivity contribution < 1.29 is 0 Å². The van der Waals surface area contributed by atoms with Crippen molar-refractivity contribution in [3.05, 3.63) is 0 Å². The van der Waals surface area contributed by atoms with E-state index in [1.165, 1.54) is 0 Å². The molecule has 0 amide bonds. The van der Waals surface area contributed by atoms with E-state index >= 15 is 0 Å². The second kappa shape index (κ2) is 8.09. The number of aliphatic imine (C=N–C) groups is 1. The fourth-order valence-electron chi connectivity index (χ4n) is 0.981. The van der Waals surface area contributed by atoms with E-state index in [1.54, 1.807) is 0 Å². The van der Waals surface area contributed by atoms with Crippen LogP contribution in [0.1, 0.15) is 34.6 Å². The zero-order valence-corrected chi connectivity index (χ0v) is 9.93. The van der Waals surface area contributed by atoms with Crippen LogP contribution < -0.4 is 0 Å². The molecule has 0 spiro atoms. The molecule has 0 saturated heterocycles.